The van der Waals surface area contributed by atoms with Crippen LogP contribution in [0.25, 0.3) is 0 Å². The maximum Gasteiger partial charge on any atom is 0.354 e. The van der Waals surface area contributed by atoms with Gasteiger partial charge in [-0.15, -0.1) is 4.36 Å². The van der Waals surface area contributed by atoms with E-state index in [1.54, 1.807) is 4.68 Å². The molecule has 27 heavy (non-hydrogen) atoms. The number of carbonyl (C=O) groups is 1. The molecule has 5 rings (SSSR count). The molecular formula is C17H18FN5O3S. The van der Waals surface area contributed by atoms with Gasteiger partial charge in [0.25, 0.3) is 0 Å². The number of halogens is 1. The van der Waals surface area contributed by atoms with Gasteiger partial charge in [0.2, 0.25) is 5.88 Å². The predicted molar refractivity (Wildman–Crippen MR) is 95.7 cm³/mol. The van der Waals surface area contributed by atoms with Crippen molar-refractivity contribution in [3.63, 3.8) is 0 Å². The number of hydrogen-bond acceptors (Lipinski definition) is 4. The zero-order chi connectivity index (χ0) is 18.9. The molecule has 3 aliphatic rings. The lowest BCUT2D eigenvalue weighted by Crippen LogP contribution is -2.26. The molecule has 2 amide bonds. The minimum atomic E-state index is -3.52. The summed E-state index contributed by atoms with van der Waals surface area (Å²) in [6.45, 7) is 2.30. The molecular weight excluding hydrogens is 373 g/mol. The highest BCUT2D eigenvalue weighted by Crippen LogP contribution is 2.43. The SMILES string of the molecule is C[C@@H]1COc2c(S(N)(=O)=NC(=O)Nc3c4c(c(F)c5c3CC5)CC4)cnn21. The first-order chi connectivity index (χ1) is 12.9. The van der Waals surface area contributed by atoms with Gasteiger partial charge in [-0.25, -0.2) is 23.2 Å². The highest BCUT2D eigenvalue weighted by atomic mass is 32.2. The number of amides is 2. The largest absolute Gasteiger partial charge is 0.475 e. The number of aromatic nitrogens is 2. The smallest absolute Gasteiger partial charge is 0.354 e. The number of hydrogen-bond donors (Lipinski definition) is 2. The minimum absolute atomic E-state index is 0.00494. The third-order valence-corrected chi connectivity index (χ3v) is 6.82. The second-order valence-electron chi connectivity index (χ2n) is 7.11. The molecule has 142 valence electrons. The molecule has 1 unspecified atom stereocenters. The number of fused-ring (bicyclic) bond motifs is 3. The van der Waals surface area contributed by atoms with Crippen LogP contribution >= 0.6 is 0 Å². The Morgan fingerprint density at radius 2 is 1.96 bits per heavy atom. The van der Waals surface area contributed by atoms with E-state index in [1.807, 2.05) is 6.92 Å². The van der Waals surface area contributed by atoms with E-state index in [-0.39, 0.29) is 22.6 Å². The van der Waals surface area contributed by atoms with Crippen LogP contribution in [-0.2, 0) is 35.6 Å². The molecule has 1 aromatic carbocycles. The molecule has 1 aliphatic heterocycles. The average Bonchev–Trinajstić information content (AvgIpc) is 3.06. The topological polar surface area (TPSA) is 112 Å². The predicted octanol–water partition coefficient (Wildman–Crippen LogP) is 2.11. The van der Waals surface area contributed by atoms with E-state index in [9.17, 15) is 13.4 Å². The van der Waals surface area contributed by atoms with Crippen molar-refractivity contribution in [3.8, 4) is 5.88 Å². The molecule has 2 atom stereocenters. The molecule has 8 nitrogen and oxygen atoms in total. The molecule has 2 aromatic rings. The van der Waals surface area contributed by atoms with Crippen LogP contribution in [0.15, 0.2) is 15.5 Å². The third-order valence-electron chi connectivity index (χ3n) is 5.47. The number of benzene rings is 1. The molecule has 0 spiro atoms. The highest BCUT2D eigenvalue weighted by molar-refractivity contribution is 7.91. The lowest BCUT2D eigenvalue weighted by molar-refractivity contribution is 0.260. The van der Waals surface area contributed by atoms with Crippen molar-refractivity contribution in [1.29, 1.82) is 0 Å². The lowest BCUT2D eigenvalue weighted by atomic mass is 9.76. The maximum absolute atomic E-state index is 14.3. The molecule has 1 aromatic heterocycles. The molecule has 2 heterocycles. The lowest BCUT2D eigenvalue weighted by Gasteiger charge is -2.32. The Labute approximate surface area is 155 Å². The first-order valence-electron chi connectivity index (χ1n) is 8.78. The molecule has 0 radical (unpaired) electrons. The first kappa shape index (κ1) is 16.7. The summed E-state index contributed by atoms with van der Waals surface area (Å²) in [6, 6.07) is -0.821. The van der Waals surface area contributed by atoms with Crippen molar-refractivity contribution >= 4 is 21.6 Å². The quantitative estimate of drug-likeness (QED) is 0.816. The number of anilines is 1. The average molecular weight is 391 g/mol. The van der Waals surface area contributed by atoms with Crippen molar-refractivity contribution in [2.45, 2.75) is 43.5 Å². The van der Waals surface area contributed by atoms with Crippen LogP contribution in [0.1, 0.15) is 35.2 Å². The van der Waals surface area contributed by atoms with Crippen molar-refractivity contribution in [1.82, 2.24) is 9.78 Å². The number of ether oxygens (including phenoxy) is 1. The van der Waals surface area contributed by atoms with Crippen LogP contribution in [0.3, 0.4) is 0 Å². The Balaban J connectivity index is 1.48. The fourth-order valence-electron chi connectivity index (χ4n) is 3.86. The maximum atomic E-state index is 14.3. The Morgan fingerprint density at radius 1 is 1.33 bits per heavy atom. The second kappa shape index (κ2) is 5.52. The van der Waals surface area contributed by atoms with Crippen molar-refractivity contribution < 1.29 is 18.1 Å². The summed E-state index contributed by atoms with van der Waals surface area (Å²) >= 11 is 0. The molecule has 2 aliphatic carbocycles. The Hall–Kier alpha value is -2.46. The molecule has 3 N–H and O–H groups in total. The Kier molecular flexibility index (Phi) is 3.41. The Morgan fingerprint density at radius 3 is 2.56 bits per heavy atom. The summed E-state index contributed by atoms with van der Waals surface area (Å²) in [5.74, 6) is 0.137. The van der Waals surface area contributed by atoms with Gasteiger partial charge < -0.3 is 10.1 Å². The number of carbonyl (C=O) groups excluding carboxylic acids is 1. The summed E-state index contributed by atoms with van der Waals surface area (Å²) < 4.78 is 37.9. The summed E-state index contributed by atoms with van der Waals surface area (Å²) in [7, 11) is -3.52. The normalized spacial score (nSPS) is 20.9. The number of nitrogens with two attached hydrogens (primary N) is 1. The van der Waals surface area contributed by atoms with Gasteiger partial charge in [-0.3, -0.25) is 0 Å². The van der Waals surface area contributed by atoms with Gasteiger partial charge in [0.05, 0.1) is 12.2 Å². The molecule has 0 saturated heterocycles. The summed E-state index contributed by atoms with van der Waals surface area (Å²) in [6.07, 6.45) is 4.06. The number of nitrogens with zero attached hydrogens (tertiary/aromatic N) is 3. The fourth-order valence-corrected chi connectivity index (χ4v) is 4.85. The summed E-state index contributed by atoms with van der Waals surface area (Å²) in [5, 5.41) is 12.6. The van der Waals surface area contributed by atoms with Gasteiger partial charge in [-0.1, -0.05) is 0 Å². The van der Waals surface area contributed by atoms with Crippen LogP contribution in [0, 0.1) is 5.82 Å². The zero-order valence-electron chi connectivity index (χ0n) is 14.6. The highest BCUT2D eigenvalue weighted by Gasteiger charge is 2.33. The van der Waals surface area contributed by atoms with Gasteiger partial charge >= 0.3 is 6.03 Å². The van der Waals surface area contributed by atoms with E-state index in [0.717, 1.165) is 11.1 Å². The molecule has 10 heteroatoms. The summed E-state index contributed by atoms with van der Waals surface area (Å²) in [4.78, 5) is 12.5. The number of rotatable bonds is 2. The van der Waals surface area contributed by atoms with E-state index >= 15 is 0 Å². The zero-order valence-corrected chi connectivity index (χ0v) is 15.4. The van der Waals surface area contributed by atoms with E-state index in [0.29, 0.717) is 49.1 Å². The van der Waals surface area contributed by atoms with Crippen molar-refractivity contribution in [3.05, 3.63) is 34.3 Å². The van der Waals surface area contributed by atoms with E-state index in [1.165, 1.54) is 6.20 Å². The van der Waals surface area contributed by atoms with Gasteiger partial charge in [0, 0.05) is 5.69 Å². The molecule has 0 saturated carbocycles. The van der Waals surface area contributed by atoms with Gasteiger partial charge in [0.15, 0.2) is 9.92 Å². The van der Waals surface area contributed by atoms with Crippen LogP contribution < -0.4 is 15.2 Å². The second-order valence-corrected chi connectivity index (χ2v) is 8.87. The van der Waals surface area contributed by atoms with Crippen LogP contribution in [0.4, 0.5) is 14.9 Å². The standard InChI is InChI=1S/C17H18FN5O3S/c1-8-7-26-16-13(6-20-23(8)16)27(19,25)22-17(24)21-15-11-4-2-9(11)14(18)10-3-5-12(10)15/h6,8H,2-5,7H2,1H3,(H3,19,21,22,24,25)/t8-,27?/m1/s1. The number of nitrogens with one attached hydrogen (secondary N) is 1. The summed E-state index contributed by atoms with van der Waals surface area (Å²) in [5.41, 5.74) is 3.54. The van der Waals surface area contributed by atoms with E-state index < -0.39 is 15.9 Å². The van der Waals surface area contributed by atoms with E-state index in [2.05, 4.69) is 14.8 Å². The fraction of sp³-hybridized carbons (Fsp3) is 0.412. The number of urea groups is 1. The first-order valence-corrected chi connectivity index (χ1v) is 10.4. The van der Waals surface area contributed by atoms with Crippen LogP contribution in [-0.4, -0.2) is 26.6 Å². The van der Waals surface area contributed by atoms with Gasteiger partial charge in [-0.05, 0) is 54.9 Å². The van der Waals surface area contributed by atoms with E-state index in [4.69, 9.17) is 9.88 Å². The van der Waals surface area contributed by atoms with Crippen molar-refractivity contribution in [2.75, 3.05) is 11.9 Å². The van der Waals surface area contributed by atoms with Gasteiger partial charge in [-0.2, -0.15) is 5.10 Å². The molecule has 0 fully saturated rings. The minimum Gasteiger partial charge on any atom is -0.475 e. The van der Waals surface area contributed by atoms with Crippen molar-refractivity contribution in [2.24, 2.45) is 9.50 Å². The van der Waals surface area contributed by atoms with Gasteiger partial charge in [0.1, 0.15) is 17.3 Å². The third kappa shape index (κ3) is 2.32. The Bertz CT molecular complexity index is 1100. The monoisotopic (exact) mass is 391 g/mol. The van der Waals surface area contributed by atoms with Crippen LogP contribution in [0.2, 0.25) is 0 Å². The van der Waals surface area contributed by atoms with Crippen LogP contribution in [0.5, 0.6) is 5.88 Å². The molecule has 0 bridgehead atoms.